The minimum Gasteiger partial charge on any atom is -0.301 e. The predicted molar refractivity (Wildman–Crippen MR) is 89.2 cm³/mol. The molecule has 4 nitrogen and oxygen atoms in total. The van der Waals surface area contributed by atoms with Crippen LogP contribution in [0, 0.1) is 0 Å². The van der Waals surface area contributed by atoms with Crippen LogP contribution in [0.4, 0.5) is 0 Å². The fourth-order valence-corrected chi connectivity index (χ4v) is 4.44. The highest BCUT2D eigenvalue weighted by atomic mass is 79.9. The lowest BCUT2D eigenvalue weighted by molar-refractivity contribution is 0.168. The molecule has 1 aliphatic heterocycles. The summed E-state index contributed by atoms with van der Waals surface area (Å²) in [6.45, 7) is 6.18. The van der Waals surface area contributed by atoms with Crippen molar-refractivity contribution in [3.8, 4) is 0 Å². The molecule has 0 atom stereocenters. The minimum atomic E-state index is -3.49. The molecular formula is C14H20BrClN2O2S. The van der Waals surface area contributed by atoms with Gasteiger partial charge in [-0.15, -0.1) is 0 Å². The van der Waals surface area contributed by atoms with E-state index < -0.39 is 10.0 Å². The Labute approximate surface area is 140 Å². The van der Waals surface area contributed by atoms with E-state index in [1.54, 1.807) is 6.07 Å². The number of halogens is 2. The van der Waals surface area contributed by atoms with Crippen molar-refractivity contribution in [2.75, 3.05) is 13.1 Å². The van der Waals surface area contributed by atoms with Crippen molar-refractivity contribution in [3.05, 3.63) is 27.7 Å². The summed E-state index contributed by atoms with van der Waals surface area (Å²) in [5.41, 5.74) is 0. The second-order valence-electron chi connectivity index (χ2n) is 5.60. The topological polar surface area (TPSA) is 49.4 Å². The average Bonchev–Trinajstić information content (AvgIpc) is 2.42. The molecule has 1 heterocycles. The number of likely N-dealkylation sites (tertiary alicyclic amines) is 1. The molecule has 0 aliphatic carbocycles. The maximum Gasteiger partial charge on any atom is 0.240 e. The van der Waals surface area contributed by atoms with Gasteiger partial charge in [0.2, 0.25) is 10.0 Å². The molecule has 1 aromatic rings. The van der Waals surface area contributed by atoms with E-state index in [0.717, 1.165) is 25.9 Å². The molecule has 1 saturated heterocycles. The van der Waals surface area contributed by atoms with Gasteiger partial charge in [0, 0.05) is 16.6 Å². The fourth-order valence-electron chi connectivity index (χ4n) is 2.47. The lowest BCUT2D eigenvalue weighted by Crippen LogP contribution is -2.46. The van der Waals surface area contributed by atoms with Crippen LogP contribution in [-0.2, 0) is 10.0 Å². The zero-order valence-corrected chi connectivity index (χ0v) is 15.3. The second kappa shape index (κ2) is 6.96. The molecule has 0 amide bonds. The third-order valence-corrected chi connectivity index (χ3v) is 6.52. The van der Waals surface area contributed by atoms with Crippen LogP contribution in [0.25, 0.3) is 0 Å². The molecule has 1 N–H and O–H groups in total. The first-order chi connectivity index (χ1) is 9.79. The van der Waals surface area contributed by atoms with Gasteiger partial charge in [-0.2, -0.15) is 0 Å². The Bertz CT molecular complexity index is 599. The molecule has 0 radical (unpaired) electrons. The van der Waals surface area contributed by atoms with Gasteiger partial charge in [-0.3, -0.25) is 0 Å². The molecule has 7 heteroatoms. The van der Waals surface area contributed by atoms with Gasteiger partial charge in [0.25, 0.3) is 0 Å². The van der Waals surface area contributed by atoms with Gasteiger partial charge in [0.15, 0.2) is 0 Å². The van der Waals surface area contributed by atoms with Crippen LogP contribution in [0.3, 0.4) is 0 Å². The van der Waals surface area contributed by atoms with E-state index in [-0.39, 0.29) is 10.9 Å². The van der Waals surface area contributed by atoms with Crippen LogP contribution in [0.1, 0.15) is 26.7 Å². The smallest absolute Gasteiger partial charge is 0.240 e. The Morgan fingerprint density at radius 1 is 1.33 bits per heavy atom. The Kier molecular flexibility index (Phi) is 5.71. The summed E-state index contributed by atoms with van der Waals surface area (Å²) in [6.07, 6.45) is 1.68. The Hall–Kier alpha value is -0.140. The minimum absolute atomic E-state index is 0.000506. The molecule has 0 spiro atoms. The summed E-state index contributed by atoms with van der Waals surface area (Å²) in [4.78, 5) is 2.61. The lowest BCUT2D eigenvalue weighted by atomic mass is 10.1. The number of nitrogens with one attached hydrogen (secondary N) is 1. The molecular weight excluding hydrogens is 376 g/mol. The molecule has 0 aromatic heterocycles. The molecule has 0 unspecified atom stereocenters. The first kappa shape index (κ1) is 17.2. The highest BCUT2D eigenvalue weighted by molar-refractivity contribution is 9.10. The van der Waals surface area contributed by atoms with Gasteiger partial charge in [-0.05, 0) is 73.9 Å². The quantitative estimate of drug-likeness (QED) is 0.851. The molecule has 0 bridgehead atoms. The Morgan fingerprint density at radius 2 is 1.95 bits per heavy atom. The van der Waals surface area contributed by atoms with E-state index in [2.05, 4.69) is 39.4 Å². The normalized spacial score (nSPS) is 18.3. The average molecular weight is 396 g/mol. The third kappa shape index (κ3) is 4.42. The Morgan fingerprint density at radius 3 is 2.48 bits per heavy atom. The van der Waals surface area contributed by atoms with E-state index in [4.69, 9.17) is 11.6 Å². The van der Waals surface area contributed by atoms with Gasteiger partial charge in [-0.25, -0.2) is 13.1 Å². The lowest BCUT2D eigenvalue weighted by Gasteiger charge is -2.34. The standard InChI is InChI=1S/C14H20BrClN2O2S/c1-10(2)18-7-5-11(6-8-18)17-21(19,20)12-3-4-14(16)13(15)9-12/h3-4,9-11,17H,5-8H2,1-2H3. The largest absolute Gasteiger partial charge is 0.301 e. The zero-order valence-electron chi connectivity index (χ0n) is 12.1. The summed E-state index contributed by atoms with van der Waals surface area (Å²) < 4.78 is 28.2. The van der Waals surface area contributed by atoms with Gasteiger partial charge >= 0.3 is 0 Å². The van der Waals surface area contributed by atoms with Crippen molar-refractivity contribution in [3.63, 3.8) is 0 Å². The van der Waals surface area contributed by atoms with Crippen molar-refractivity contribution >= 4 is 37.6 Å². The van der Waals surface area contributed by atoms with Gasteiger partial charge < -0.3 is 4.90 Å². The van der Waals surface area contributed by atoms with Crippen molar-refractivity contribution < 1.29 is 8.42 Å². The first-order valence-corrected chi connectivity index (χ1v) is 9.66. The van der Waals surface area contributed by atoms with Crippen molar-refractivity contribution in [2.45, 2.75) is 43.7 Å². The highest BCUT2D eigenvalue weighted by Crippen LogP contribution is 2.25. The van der Waals surface area contributed by atoms with E-state index in [9.17, 15) is 8.42 Å². The SMILES string of the molecule is CC(C)N1CCC(NS(=O)(=O)c2ccc(Cl)c(Br)c2)CC1. The number of sulfonamides is 1. The molecule has 21 heavy (non-hydrogen) atoms. The van der Waals surface area contributed by atoms with Crippen LogP contribution >= 0.6 is 27.5 Å². The van der Waals surface area contributed by atoms with E-state index in [1.165, 1.54) is 12.1 Å². The predicted octanol–water partition coefficient (Wildman–Crippen LogP) is 3.25. The van der Waals surface area contributed by atoms with E-state index in [0.29, 0.717) is 15.5 Å². The zero-order chi connectivity index (χ0) is 15.6. The first-order valence-electron chi connectivity index (χ1n) is 7.01. The van der Waals surface area contributed by atoms with Gasteiger partial charge in [0.1, 0.15) is 0 Å². The van der Waals surface area contributed by atoms with E-state index in [1.807, 2.05) is 0 Å². The molecule has 2 rings (SSSR count). The number of hydrogen-bond donors (Lipinski definition) is 1. The van der Waals surface area contributed by atoms with Gasteiger partial charge in [0.05, 0.1) is 9.92 Å². The summed E-state index contributed by atoms with van der Waals surface area (Å²) >= 11 is 9.16. The van der Waals surface area contributed by atoms with Crippen LogP contribution in [-0.4, -0.2) is 38.5 Å². The van der Waals surface area contributed by atoms with Crippen molar-refractivity contribution in [1.29, 1.82) is 0 Å². The van der Waals surface area contributed by atoms with Crippen LogP contribution in [0.2, 0.25) is 5.02 Å². The molecule has 0 saturated carbocycles. The number of rotatable bonds is 4. The summed E-state index contributed by atoms with van der Waals surface area (Å²) in [6, 6.07) is 5.16. The van der Waals surface area contributed by atoms with Crippen molar-refractivity contribution in [2.24, 2.45) is 0 Å². The highest BCUT2D eigenvalue weighted by Gasteiger charge is 2.25. The van der Waals surface area contributed by atoms with Crippen molar-refractivity contribution in [1.82, 2.24) is 9.62 Å². The molecule has 1 aliphatic rings. The van der Waals surface area contributed by atoms with Crippen LogP contribution in [0.5, 0.6) is 0 Å². The van der Waals surface area contributed by atoms with Crippen LogP contribution < -0.4 is 4.72 Å². The maximum atomic E-state index is 12.4. The maximum absolute atomic E-state index is 12.4. The summed E-state index contributed by atoms with van der Waals surface area (Å²) in [5, 5.41) is 0.499. The fraction of sp³-hybridized carbons (Fsp3) is 0.571. The number of benzene rings is 1. The molecule has 1 fully saturated rings. The number of hydrogen-bond acceptors (Lipinski definition) is 3. The van der Waals surface area contributed by atoms with Crippen LogP contribution in [0.15, 0.2) is 27.6 Å². The number of nitrogens with zero attached hydrogens (tertiary/aromatic N) is 1. The monoisotopic (exact) mass is 394 g/mol. The van der Waals surface area contributed by atoms with E-state index >= 15 is 0 Å². The second-order valence-corrected chi connectivity index (χ2v) is 8.58. The molecule has 1 aromatic carbocycles. The summed E-state index contributed by atoms with van der Waals surface area (Å²) in [5.74, 6) is 0. The third-order valence-electron chi connectivity index (χ3n) is 3.78. The van der Waals surface area contributed by atoms with Gasteiger partial charge in [-0.1, -0.05) is 11.6 Å². The molecule has 118 valence electrons. The summed E-state index contributed by atoms with van der Waals surface area (Å²) in [7, 11) is -3.49. The Balaban J connectivity index is 2.03. The number of piperidine rings is 1.